The Hall–Kier alpha value is -2.98. The van der Waals surface area contributed by atoms with Crippen molar-refractivity contribution in [3.63, 3.8) is 0 Å². The number of hydrogen-bond donors (Lipinski definition) is 1. The predicted molar refractivity (Wildman–Crippen MR) is 109 cm³/mol. The van der Waals surface area contributed by atoms with Crippen LogP contribution in [-0.2, 0) is 4.79 Å². The lowest BCUT2D eigenvalue weighted by molar-refractivity contribution is -0.112. The maximum absolute atomic E-state index is 12.7. The molecule has 0 saturated heterocycles. The summed E-state index contributed by atoms with van der Waals surface area (Å²) in [5.74, 6) is -0.219. The zero-order valence-corrected chi connectivity index (χ0v) is 15.4. The molecule has 0 aromatic heterocycles. The Labute approximate surface area is 160 Å². The average molecular weight is 403 g/mol. The number of anilines is 1. The van der Waals surface area contributed by atoms with Gasteiger partial charge in [-0.05, 0) is 29.8 Å². The number of hydrogen-bond acceptors (Lipinski definition) is 2. The third-order valence-corrected chi connectivity index (χ3v) is 4.59. The maximum Gasteiger partial charge on any atom is 0.274 e. The van der Waals surface area contributed by atoms with E-state index in [0.717, 1.165) is 32.6 Å². The van der Waals surface area contributed by atoms with Crippen molar-refractivity contribution in [1.29, 1.82) is 0 Å². The molecule has 3 aromatic rings. The van der Waals surface area contributed by atoms with Gasteiger partial charge in [-0.3, -0.25) is 4.79 Å². The van der Waals surface area contributed by atoms with Gasteiger partial charge in [0.15, 0.2) is 0 Å². The molecule has 0 saturated carbocycles. The van der Waals surface area contributed by atoms with E-state index in [1.54, 1.807) is 6.08 Å². The number of halogens is 1. The molecule has 4 rings (SSSR count). The summed E-state index contributed by atoms with van der Waals surface area (Å²) >= 11 is 3.52. The van der Waals surface area contributed by atoms with Crippen molar-refractivity contribution in [2.75, 3.05) is 5.32 Å². The van der Waals surface area contributed by atoms with Gasteiger partial charge in [-0.1, -0.05) is 76.6 Å². The number of rotatable bonds is 2. The summed E-state index contributed by atoms with van der Waals surface area (Å²) in [5, 5.41) is 2.98. The summed E-state index contributed by atoms with van der Waals surface area (Å²) in [6, 6.07) is 25.4. The van der Waals surface area contributed by atoms with Gasteiger partial charge in [-0.25, -0.2) is 4.99 Å². The van der Waals surface area contributed by atoms with Crippen LogP contribution >= 0.6 is 15.9 Å². The predicted octanol–water partition coefficient (Wildman–Crippen LogP) is 5.28. The lowest BCUT2D eigenvalue weighted by Gasteiger charge is -2.10. The number of nitrogens with zero attached hydrogens (tertiary/aromatic N) is 1. The van der Waals surface area contributed by atoms with E-state index in [0.29, 0.717) is 5.70 Å². The van der Waals surface area contributed by atoms with Crippen molar-refractivity contribution in [3.8, 4) is 0 Å². The molecule has 1 N–H and O–H groups in total. The first-order valence-electron chi connectivity index (χ1n) is 8.23. The second kappa shape index (κ2) is 7.10. The number of aliphatic imine (C=N–C) groups is 1. The van der Waals surface area contributed by atoms with Crippen LogP contribution < -0.4 is 5.32 Å². The highest BCUT2D eigenvalue weighted by Gasteiger charge is 2.21. The van der Waals surface area contributed by atoms with Crippen LogP contribution in [-0.4, -0.2) is 11.6 Å². The molecule has 3 aromatic carbocycles. The smallest absolute Gasteiger partial charge is 0.274 e. The summed E-state index contributed by atoms with van der Waals surface area (Å²) in [6.45, 7) is 0. The Morgan fingerprint density at radius 3 is 2.31 bits per heavy atom. The van der Waals surface area contributed by atoms with Crippen LogP contribution in [0.5, 0.6) is 0 Å². The quantitative estimate of drug-likeness (QED) is 0.582. The van der Waals surface area contributed by atoms with E-state index in [4.69, 9.17) is 4.99 Å². The molecule has 1 aliphatic rings. The van der Waals surface area contributed by atoms with Crippen molar-refractivity contribution in [1.82, 2.24) is 0 Å². The van der Waals surface area contributed by atoms with E-state index >= 15 is 0 Å². The number of benzodiazepines with no additional fused rings is 1. The number of nitrogens with one attached hydrogen (secondary N) is 1. The number of benzene rings is 3. The highest BCUT2D eigenvalue weighted by molar-refractivity contribution is 9.10. The maximum atomic E-state index is 12.7. The molecule has 0 bridgehead atoms. The standard InChI is InChI=1S/C22H15BrN2O/c23-17-11-12-19-18(14-17)21(16-9-5-2-6-10-16)24-20(22(26)25-19)13-15-7-3-1-4-8-15/h1-14H,(H,25,26)/b20-13+. The molecule has 26 heavy (non-hydrogen) atoms. The van der Waals surface area contributed by atoms with Crippen LogP contribution in [0.3, 0.4) is 0 Å². The Kier molecular flexibility index (Phi) is 4.50. The van der Waals surface area contributed by atoms with Crippen LogP contribution in [0.2, 0.25) is 0 Å². The third-order valence-electron chi connectivity index (χ3n) is 4.10. The first kappa shape index (κ1) is 16.5. The van der Waals surface area contributed by atoms with Gasteiger partial charge < -0.3 is 5.32 Å². The first-order valence-corrected chi connectivity index (χ1v) is 9.02. The minimum absolute atomic E-state index is 0.219. The number of carbonyl (C=O) groups excluding carboxylic acids is 1. The molecular formula is C22H15BrN2O. The van der Waals surface area contributed by atoms with Crippen molar-refractivity contribution >= 4 is 39.3 Å². The lowest BCUT2D eigenvalue weighted by Crippen LogP contribution is -2.12. The molecule has 0 unspecified atom stereocenters. The molecular weight excluding hydrogens is 388 g/mol. The number of amides is 1. The van der Waals surface area contributed by atoms with Gasteiger partial charge in [0.25, 0.3) is 5.91 Å². The van der Waals surface area contributed by atoms with E-state index in [2.05, 4.69) is 21.2 Å². The van der Waals surface area contributed by atoms with Crippen LogP contribution in [0.25, 0.3) is 6.08 Å². The van der Waals surface area contributed by atoms with E-state index in [1.807, 2.05) is 78.9 Å². The van der Waals surface area contributed by atoms with Crippen LogP contribution in [0.4, 0.5) is 5.69 Å². The van der Waals surface area contributed by atoms with E-state index in [-0.39, 0.29) is 5.91 Å². The lowest BCUT2D eigenvalue weighted by atomic mass is 10.0. The van der Waals surface area contributed by atoms with Gasteiger partial charge in [0.2, 0.25) is 0 Å². The van der Waals surface area contributed by atoms with Crippen LogP contribution in [0.15, 0.2) is 94.0 Å². The SMILES string of the molecule is O=C1Nc2ccc(Br)cc2C(c2ccccc2)=N/C1=C/c1ccccc1. The van der Waals surface area contributed by atoms with E-state index in [1.165, 1.54) is 0 Å². The normalized spacial score (nSPS) is 15.0. The Morgan fingerprint density at radius 1 is 0.885 bits per heavy atom. The molecule has 126 valence electrons. The average Bonchev–Trinajstić information content (AvgIpc) is 2.80. The van der Waals surface area contributed by atoms with E-state index < -0.39 is 0 Å². The molecule has 0 radical (unpaired) electrons. The monoisotopic (exact) mass is 402 g/mol. The Morgan fingerprint density at radius 2 is 1.58 bits per heavy atom. The van der Waals surface area contributed by atoms with Crippen molar-refractivity contribution in [2.24, 2.45) is 4.99 Å². The highest BCUT2D eigenvalue weighted by Crippen LogP contribution is 2.28. The molecule has 1 aliphatic heterocycles. The fourth-order valence-corrected chi connectivity index (χ4v) is 3.22. The molecule has 1 heterocycles. The fraction of sp³-hybridized carbons (Fsp3) is 0. The molecule has 0 fully saturated rings. The summed E-state index contributed by atoms with van der Waals surface area (Å²) in [7, 11) is 0. The third kappa shape index (κ3) is 3.37. The largest absolute Gasteiger partial charge is 0.320 e. The van der Waals surface area contributed by atoms with E-state index in [9.17, 15) is 4.79 Å². The van der Waals surface area contributed by atoms with Crippen LogP contribution in [0.1, 0.15) is 16.7 Å². The van der Waals surface area contributed by atoms with Crippen molar-refractivity contribution in [2.45, 2.75) is 0 Å². The Bertz CT molecular complexity index is 1020. The summed E-state index contributed by atoms with van der Waals surface area (Å²) in [5.41, 5.74) is 4.67. The minimum atomic E-state index is -0.219. The van der Waals surface area contributed by atoms with Crippen molar-refractivity contribution in [3.05, 3.63) is 106 Å². The molecule has 3 nitrogen and oxygen atoms in total. The first-order chi connectivity index (χ1) is 12.7. The molecule has 0 spiro atoms. The molecule has 0 aliphatic carbocycles. The second-order valence-corrected chi connectivity index (χ2v) is 6.83. The molecule has 0 atom stereocenters. The number of carbonyl (C=O) groups is 1. The topological polar surface area (TPSA) is 41.5 Å². The fourth-order valence-electron chi connectivity index (χ4n) is 2.86. The number of fused-ring (bicyclic) bond motifs is 1. The highest BCUT2D eigenvalue weighted by atomic mass is 79.9. The second-order valence-electron chi connectivity index (χ2n) is 5.91. The van der Waals surface area contributed by atoms with Gasteiger partial charge >= 0.3 is 0 Å². The van der Waals surface area contributed by atoms with Gasteiger partial charge in [-0.2, -0.15) is 0 Å². The summed E-state index contributed by atoms with van der Waals surface area (Å²) < 4.78 is 0.935. The zero-order chi connectivity index (χ0) is 17.9. The zero-order valence-electron chi connectivity index (χ0n) is 13.8. The van der Waals surface area contributed by atoms with Gasteiger partial charge in [-0.15, -0.1) is 0 Å². The molecule has 4 heteroatoms. The van der Waals surface area contributed by atoms with Crippen molar-refractivity contribution < 1.29 is 4.79 Å². The summed E-state index contributed by atoms with van der Waals surface area (Å²) in [4.78, 5) is 17.5. The summed E-state index contributed by atoms with van der Waals surface area (Å²) in [6.07, 6.45) is 1.80. The van der Waals surface area contributed by atoms with Gasteiger partial charge in [0, 0.05) is 15.6 Å². The van der Waals surface area contributed by atoms with Gasteiger partial charge in [0.1, 0.15) is 5.70 Å². The Balaban J connectivity index is 1.93. The van der Waals surface area contributed by atoms with Crippen LogP contribution in [0, 0.1) is 0 Å². The van der Waals surface area contributed by atoms with Gasteiger partial charge in [0.05, 0.1) is 11.4 Å². The minimum Gasteiger partial charge on any atom is -0.320 e. The molecule has 1 amide bonds.